The Morgan fingerprint density at radius 3 is 2.24 bits per heavy atom. The number of aryl methyl sites for hydroxylation is 2. The third-order valence-corrected chi connectivity index (χ3v) is 5.03. The fourth-order valence-electron chi connectivity index (χ4n) is 3.11. The third kappa shape index (κ3) is 7.15. The van der Waals surface area contributed by atoms with E-state index in [1.165, 1.54) is 4.57 Å². The van der Waals surface area contributed by atoms with E-state index in [1.807, 2.05) is 20.8 Å². The molecule has 0 spiro atoms. The molecule has 2 heterocycles. The predicted molar refractivity (Wildman–Crippen MR) is 125 cm³/mol. The van der Waals surface area contributed by atoms with Crippen LogP contribution in [0.5, 0.6) is 0 Å². The Morgan fingerprint density at radius 2 is 1.71 bits per heavy atom. The number of carbonyl (C=O) groups is 1. The van der Waals surface area contributed by atoms with Gasteiger partial charge < -0.3 is 30.1 Å². The topological polar surface area (TPSA) is 199 Å². The maximum atomic E-state index is 12.2. The monoisotopic (exact) mass is 488 g/mol. The van der Waals surface area contributed by atoms with Gasteiger partial charge >= 0.3 is 41.2 Å². The maximum absolute atomic E-state index is 12.2. The van der Waals surface area contributed by atoms with Crippen molar-refractivity contribution in [2.24, 2.45) is 0 Å². The first-order valence-electron chi connectivity index (χ1n) is 10.3. The number of nitrogens with one attached hydrogen (secondary N) is 1. The van der Waals surface area contributed by atoms with Crippen LogP contribution in [0.1, 0.15) is 30.9 Å². The number of carboxylic acid groups (broad SMARTS) is 1. The zero-order valence-electron chi connectivity index (χ0n) is 18.5. The van der Waals surface area contributed by atoms with Crippen LogP contribution >= 0.6 is 0 Å². The molecule has 0 fully saturated rings. The normalized spacial score (nSPS) is 13.5. The van der Waals surface area contributed by atoms with Gasteiger partial charge in [0.2, 0.25) is 0 Å². The van der Waals surface area contributed by atoms with Crippen molar-refractivity contribution in [3.05, 3.63) is 44.1 Å². The molecule has 0 radical (unpaired) electrons. The number of nitrogens with zero attached hydrogens (tertiary/aromatic N) is 3. The summed E-state index contributed by atoms with van der Waals surface area (Å²) in [5.41, 5.74) is 1.11. The molecule has 2 aliphatic rings. The number of aliphatic hydroxyl groups excluding tert-OH is 4. The van der Waals surface area contributed by atoms with Gasteiger partial charge in [0.05, 0.1) is 24.2 Å². The molecule has 12 nitrogen and oxygen atoms in total. The van der Waals surface area contributed by atoms with Crippen LogP contribution < -0.4 is 11.2 Å². The molecule has 0 amide bonds. The Balaban J connectivity index is 0.000000735. The van der Waals surface area contributed by atoms with Gasteiger partial charge in [0.1, 0.15) is 18.3 Å². The van der Waals surface area contributed by atoms with Gasteiger partial charge in [0, 0.05) is 6.42 Å². The summed E-state index contributed by atoms with van der Waals surface area (Å²) in [6, 6.07) is 3.53. The number of H-pyrrole nitrogens is 1. The third-order valence-electron chi connectivity index (χ3n) is 5.03. The molecule has 0 aliphatic carbocycles. The van der Waals surface area contributed by atoms with Crippen LogP contribution in [0.4, 0.5) is 0 Å². The molecule has 1 aromatic carbocycles. The van der Waals surface area contributed by atoms with Crippen LogP contribution in [0, 0.1) is 13.8 Å². The fourth-order valence-corrected chi connectivity index (χ4v) is 3.11. The van der Waals surface area contributed by atoms with Crippen LogP contribution in [0.2, 0.25) is 0 Å². The summed E-state index contributed by atoms with van der Waals surface area (Å²) in [6.07, 6.45) is -3.66. The first kappa shape index (κ1) is 29.8. The van der Waals surface area contributed by atoms with E-state index in [-0.39, 0.29) is 47.6 Å². The molecular formula is C21H29N4NaO8. The number of hydrogen-bond donors (Lipinski definition) is 6. The van der Waals surface area contributed by atoms with Gasteiger partial charge in [-0.2, -0.15) is 4.98 Å². The first-order valence-corrected chi connectivity index (χ1v) is 10.3. The number of fused-ring (bicyclic) bond motifs is 2. The van der Waals surface area contributed by atoms with Crippen molar-refractivity contribution in [1.29, 1.82) is 0 Å². The van der Waals surface area contributed by atoms with E-state index in [0.717, 1.165) is 17.5 Å². The van der Waals surface area contributed by atoms with E-state index < -0.39 is 42.1 Å². The molecule has 13 heteroatoms. The summed E-state index contributed by atoms with van der Waals surface area (Å²) in [6.45, 7) is 4.57. The van der Waals surface area contributed by atoms with E-state index in [0.29, 0.717) is 17.5 Å². The second kappa shape index (κ2) is 13.0. The average molecular weight is 488 g/mol. The van der Waals surface area contributed by atoms with Crippen LogP contribution in [0.25, 0.3) is 22.6 Å². The molecular weight excluding hydrogens is 459 g/mol. The molecule has 6 N–H and O–H groups in total. The molecule has 0 saturated carbocycles. The first-order chi connectivity index (χ1) is 15.5. The van der Waals surface area contributed by atoms with E-state index in [4.69, 9.17) is 10.2 Å². The minimum absolute atomic E-state index is 0. The van der Waals surface area contributed by atoms with Gasteiger partial charge in [-0.25, -0.2) is 9.78 Å². The van der Waals surface area contributed by atoms with E-state index >= 15 is 0 Å². The van der Waals surface area contributed by atoms with Crippen LogP contribution in [0.3, 0.4) is 0 Å². The van der Waals surface area contributed by atoms with Crippen molar-refractivity contribution in [2.75, 3.05) is 6.61 Å². The predicted octanol–water partition coefficient (Wildman–Crippen LogP) is -1.50. The van der Waals surface area contributed by atoms with Gasteiger partial charge in [-0.05, 0) is 43.5 Å². The number of rotatable bonds is 7. The summed E-state index contributed by atoms with van der Waals surface area (Å²) in [5, 5.41) is 46.7. The molecule has 1 aromatic rings. The summed E-state index contributed by atoms with van der Waals surface area (Å²) >= 11 is 0. The zero-order chi connectivity index (χ0) is 24.9. The molecule has 34 heavy (non-hydrogen) atoms. The second-order valence-corrected chi connectivity index (χ2v) is 7.64. The minimum atomic E-state index is -1.64. The number of carboxylic acids is 1. The van der Waals surface area contributed by atoms with Crippen molar-refractivity contribution >= 4 is 46.6 Å². The van der Waals surface area contributed by atoms with Crippen LogP contribution in [-0.4, -0.2) is 105 Å². The standard InChI is InChI=1S/C17H20N4O6.C4H8O2.Na.H/c1-7-3-9-10(4-8(7)2)21(5-11(23)14(25)12(24)6-22)15-13(18-9)16(26)20-17(27)19-15;1-2-3-4(5)6;;/h3-4,11-12,14,22-25H,5-6H2,1-2H3,(H,20,26,27);2-3H2,1H3,(H,5,6);;/t11-,12+,14-;;;/m0.../s1. The number of benzene rings is 1. The van der Waals surface area contributed by atoms with Crippen molar-refractivity contribution < 1.29 is 30.3 Å². The number of aliphatic carboxylic acids is 1. The molecule has 0 aromatic heterocycles. The molecule has 3 atom stereocenters. The van der Waals surface area contributed by atoms with Gasteiger partial charge in [0.25, 0.3) is 5.56 Å². The molecule has 0 unspecified atom stereocenters. The Labute approximate surface area is 216 Å². The van der Waals surface area contributed by atoms with Crippen LogP contribution in [0.15, 0.2) is 21.7 Å². The van der Waals surface area contributed by atoms with E-state index in [2.05, 4.69) is 15.0 Å². The Morgan fingerprint density at radius 1 is 1.09 bits per heavy atom. The number of aliphatic hydroxyl groups is 4. The summed E-state index contributed by atoms with van der Waals surface area (Å²) in [4.78, 5) is 43.6. The van der Waals surface area contributed by atoms with Crippen molar-refractivity contribution in [3.63, 3.8) is 0 Å². The number of aromatic amines is 1. The van der Waals surface area contributed by atoms with Gasteiger partial charge in [0.15, 0.2) is 11.5 Å². The molecule has 0 bridgehead atoms. The Kier molecular flexibility index (Phi) is 11.5. The number of aromatic nitrogens is 4. The average Bonchev–Trinajstić information content (AvgIpc) is 2.74. The summed E-state index contributed by atoms with van der Waals surface area (Å²) < 4.78 is 1.40. The molecule has 2 aliphatic heterocycles. The fraction of sp³-hybridized carbons (Fsp3) is 0.476. The SMILES string of the molecule is CCCC(=O)O.Cc1cc2nc3c(=O)[nH]c(=O)nc-3n(C[C@H](O)[C@H](O)[C@H](O)CO)c2cc1C.[NaH]. The van der Waals surface area contributed by atoms with Crippen LogP contribution in [-0.2, 0) is 11.3 Å². The summed E-state index contributed by atoms with van der Waals surface area (Å²) in [7, 11) is 0. The van der Waals surface area contributed by atoms with Gasteiger partial charge in [-0.3, -0.25) is 14.6 Å². The molecule has 0 saturated heterocycles. The van der Waals surface area contributed by atoms with Crippen molar-refractivity contribution in [2.45, 2.75) is 58.5 Å². The Bertz CT molecular complexity index is 1210. The van der Waals surface area contributed by atoms with E-state index in [1.54, 1.807) is 12.1 Å². The van der Waals surface area contributed by atoms with Gasteiger partial charge in [-0.1, -0.05) is 6.92 Å². The quantitative estimate of drug-likeness (QED) is 0.168. The molecule has 182 valence electrons. The van der Waals surface area contributed by atoms with Crippen molar-refractivity contribution in [1.82, 2.24) is 19.5 Å². The molecule has 3 rings (SSSR count). The summed E-state index contributed by atoms with van der Waals surface area (Å²) in [5.74, 6) is -0.762. The second-order valence-electron chi connectivity index (χ2n) is 7.64. The van der Waals surface area contributed by atoms with E-state index in [9.17, 15) is 29.7 Å². The van der Waals surface area contributed by atoms with Gasteiger partial charge in [-0.15, -0.1) is 0 Å². The Hall–Kier alpha value is -2.19. The number of hydrogen-bond acceptors (Lipinski definition) is 9. The van der Waals surface area contributed by atoms with Crippen molar-refractivity contribution in [3.8, 4) is 11.5 Å². The zero-order valence-corrected chi connectivity index (χ0v) is 18.5.